The van der Waals surface area contributed by atoms with E-state index >= 15 is 0 Å². The minimum absolute atomic E-state index is 0.0532. The fourth-order valence-corrected chi connectivity index (χ4v) is 7.23. The number of hydrogen-bond acceptors (Lipinski definition) is 3. The van der Waals surface area contributed by atoms with Crippen LogP contribution < -0.4 is 10.9 Å². The number of benzene rings is 1. The number of rotatable bonds is 4. The quantitative estimate of drug-likeness (QED) is 0.616. The van der Waals surface area contributed by atoms with E-state index in [1.54, 1.807) is 11.8 Å². The van der Waals surface area contributed by atoms with Gasteiger partial charge in [-0.3, -0.25) is 20.4 Å². The molecule has 4 saturated carbocycles. The summed E-state index contributed by atoms with van der Waals surface area (Å²) < 4.78 is 0. The van der Waals surface area contributed by atoms with Crippen molar-refractivity contribution in [1.29, 1.82) is 0 Å². The van der Waals surface area contributed by atoms with Crippen molar-refractivity contribution in [3.05, 3.63) is 29.3 Å². The summed E-state index contributed by atoms with van der Waals surface area (Å²) in [6, 6.07) is 6.52. The molecule has 0 aliphatic heterocycles. The highest BCUT2D eigenvalue weighted by atomic mass is 32.2. The third-order valence-electron chi connectivity index (χ3n) is 7.28. The van der Waals surface area contributed by atoms with E-state index in [-0.39, 0.29) is 17.2 Å². The van der Waals surface area contributed by atoms with Crippen LogP contribution >= 0.6 is 11.8 Å². The lowest BCUT2D eigenvalue weighted by atomic mass is 9.49. The van der Waals surface area contributed by atoms with E-state index in [1.807, 2.05) is 0 Å². The Labute approximate surface area is 165 Å². The SMILES string of the molecule is O=C(CSc1ccc2c(c1)CCC2)NNC(=O)C12CC3CC(CC(C3)C1)C2. The number of fused-ring (bicyclic) bond motifs is 1. The summed E-state index contributed by atoms with van der Waals surface area (Å²) >= 11 is 1.54. The van der Waals surface area contributed by atoms with Gasteiger partial charge >= 0.3 is 0 Å². The van der Waals surface area contributed by atoms with Crippen LogP contribution in [0.4, 0.5) is 0 Å². The molecule has 0 heterocycles. The summed E-state index contributed by atoms with van der Waals surface area (Å²) in [6.45, 7) is 0. The van der Waals surface area contributed by atoms with Gasteiger partial charge < -0.3 is 0 Å². The van der Waals surface area contributed by atoms with Crippen LogP contribution in [0.25, 0.3) is 0 Å². The average Bonchev–Trinajstić information content (AvgIpc) is 3.11. The first-order chi connectivity index (χ1) is 13.1. The van der Waals surface area contributed by atoms with Crippen LogP contribution in [0.5, 0.6) is 0 Å². The molecular formula is C22H28N2O2S. The van der Waals surface area contributed by atoms with Gasteiger partial charge in [0.05, 0.1) is 11.2 Å². The number of aryl methyl sites for hydroxylation is 2. The largest absolute Gasteiger partial charge is 0.273 e. The summed E-state index contributed by atoms with van der Waals surface area (Å²) in [6.07, 6.45) is 10.6. The van der Waals surface area contributed by atoms with E-state index in [9.17, 15) is 9.59 Å². The fraction of sp³-hybridized carbons (Fsp3) is 0.636. The summed E-state index contributed by atoms with van der Waals surface area (Å²) in [7, 11) is 0. The normalized spacial score (nSPS) is 33.0. The van der Waals surface area contributed by atoms with Crippen LogP contribution in [0.3, 0.4) is 0 Å². The van der Waals surface area contributed by atoms with E-state index in [0.717, 1.165) is 48.3 Å². The van der Waals surface area contributed by atoms with Gasteiger partial charge in [-0.1, -0.05) is 6.07 Å². The Morgan fingerprint density at radius 2 is 1.63 bits per heavy atom. The summed E-state index contributed by atoms with van der Waals surface area (Å²) in [5.74, 6) is 2.45. The first-order valence-electron chi connectivity index (χ1n) is 10.4. The Morgan fingerprint density at radius 3 is 2.33 bits per heavy atom. The number of nitrogens with one attached hydrogen (secondary N) is 2. The molecule has 0 radical (unpaired) electrons. The number of carbonyl (C=O) groups excluding carboxylic acids is 2. The van der Waals surface area contributed by atoms with Crippen molar-refractivity contribution >= 4 is 23.6 Å². The van der Waals surface area contributed by atoms with Crippen LogP contribution in [0.15, 0.2) is 23.1 Å². The van der Waals surface area contributed by atoms with Crippen LogP contribution in [0.2, 0.25) is 0 Å². The van der Waals surface area contributed by atoms with Gasteiger partial charge in [0.25, 0.3) is 0 Å². The molecule has 4 bridgehead atoms. The second-order valence-electron chi connectivity index (χ2n) is 9.27. The molecule has 0 saturated heterocycles. The van der Waals surface area contributed by atoms with Crippen molar-refractivity contribution in [2.24, 2.45) is 23.2 Å². The monoisotopic (exact) mass is 384 g/mol. The van der Waals surface area contributed by atoms with E-state index in [4.69, 9.17) is 0 Å². The lowest BCUT2D eigenvalue weighted by Crippen LogP contribution is -2.56. The summed E-state index contributed by atoms with van der Waals surface area (Å²) in [5.41, 5.74) is 8.10. The smallest absolute Gasteiger partial charge is 0.248 e. The molecule has 6 rings (SSSR count). The first kappa shape index (κ1) is 17.6. The van der Waals surface area contributed by atoms with Gasteiger partial charge in [-0.2, -0.15) is 0 Å². The zero-order chi connectivity index (χ0) is 18.4. The van der Waals surface area contributed by atoms with Crippen LogP contribution in [0, 0.1) is 23.2 Å². The van der Waals surface area contributed by atoms with Crippen LogP contribution in [-0.2, 0) is 22.4 Å². The van der Waals surface area contributed by atoms with Gasteiger partial charge in [0, 0.05) is 4.90 Å². The molecule has 0 atom stereocenters. The number of hydrogen-bond donors (Lipinski definition) is 2. The van der Waals surface area contributed by atoms with Gasteiger partial charge in [-0.15, -0.1) is 11.8 Å². The molecule has 4 fully saturated rings. The van der Waals surface area contributed by atoms with Gasteiger partial charge in [-0.25, -0.2) is 0 Å². The van der Waals surface area contributed by atoms with E-state index < -0.39 is 0 Å². The number of amides is 2. The first-order valence-corrected chi connectivity index (χ1v) is 11.4. The molecule has 2 N–H and O–H groups in total. The Balaban J connectivity index is 1.13. The van der Waals surface area contributed by atoms with Crippen LogP contribution in [-0.4, -0.2) is 17.6 Å². The van der Waals surface area contributed by atoms with Gasteiger partial charge in [0.15, 0.2) is 0 Å². The predicted octanol–water partition coefficient (Wildman–Crippen LogP) is 3.63. The molecule has 2 amide bonds. The van der Waals surface area contributed by atoms with Crippen molar-refractivity contribution in [2.75, 3.05) is 5.75 Å². The molecule has 5 aliphatic rings. The maximum Gasteiger partial charge on any atom is 0.248 e. The number of carbonyl (C=O) groups is 2. The molecule has 0 unspecified atom stereocenters. The second kappa shape index (κ2) is 6.84. The molecule has 27 heavy (non-hydrogen) atoms. The van der Waals surface area contributed by atoms with Crippen molar-refractivity contribution in [3.63, 3.8) is 0 Å². The average molecular weight is 385 g/mol. The molecule has 0 aromatic heterocycles. The third-order valence-corrected chi connectivity index (χ3v) is 8.27. The fourth-order valence-electron chi connectivity index (χ4n) is 6.47. The Bertz CT molecular complexity index is 740. The van der Waals surface area contributed by atoms with Crippen molar-refractivity contribution in [2.45, 2.75) is 62.7 Å². The third kappa shape index (κ3) is 3.39. The van der Waals surface area contributed by atoms with Gasteiger partial charge in [-0.05, 0) is 98.8 Å². The number of thioether (sulfide) groups is 1. The van der Waals surface area contributed by atoms with Gasteiger partial charge in [0.1, 0.15) is 0 Å². The van der Waals surface area contributed by atoms with E-state index in [0.29, 0.717) is 5.75 Å². The highest BCUT2D eigenvalue weighted by Crippen LogP contribution is 2.60. The molecule has 5 heteroatoms. The van der Waals surface area contributed by atoms with Crippen molar-refractivity contribution in [1.82, 2.24) is 10.9 Å². The Kier molecular flexibility index (Phi) is 4.46. The maximum absolute atomic E-state index is 12.9. The lowest BCUT2D eigenvalue weighted by Gasteiger charge is -2.55. The Morgan fingerprint density at radius 1 is 0.963 bits per heavy atom. The van der Waals surface area contributed by atoms with Crippen LogP contribution in [0.1, 0.15) is 56.1 Å². The summed E-state index contributed by atoms with van der Waals surface area (Å²) in [5, 5.41) is 0. The van der Waals surface area contributed by atoms with Crippen molar-refractivity contribution in [3.8, 4) is 0 Å². The minimum Gasteiger partial charge on any atom is -0.273 e. The summed E-state index contributed by atoms with van der Waals surface area (Å²) in [4.78, 5) is 26.2. The lowest BCUT2D eigenvalue weighted by molar-refractivity contribution is -0.148. The zero-order valence-corrected chi connectivity index (χ0v) is 16.6. The van der Waals surface area contributed by atoms with Crippen molar-refractivity contribution < 1.29 is 9.59 Å². The topological polar surface area (TPSA) is 58.2 Å². The molecule has 5 aliphatic carbocycles. The molecule has 1 aromatic carbocycles. The standard InChI is InChI=1S/C22H28N2O2S/c25-20(13-27-19-5-4-17-2-1-3-18(17)9-19)23-24-21(26)22-10-14-6-15(11-22)8-16(7-14)12-22/h4-5,9,14-16H,1-3,6-8,10-13H2,(H,23,25)(H,24,26). The highest BCUT2D eigenvalue weighted by molar-refractivity contribution is 8.00. The minimum atomic E-state index is -0.213. The Hall–Kier alpha value is -1.49. The number of hydrazine groups is 1. The zero-order valence-electron chi connectivity index (χ0n) is 15.8. The molecule has 4 nitrogen and oxygen atoms in total. The predicted molar refractivity (Wildman–Crippen MR) is 106 cm³/mol. The van der Waals surface area contributed by atoms with Gasteiger partial charge in [0.2, 0.25) is 11.8 Å². The molecule has 1 aromatic rings. The molecule has 144 valence electrons. The second-order valence-corrected chi connectivity index (χ2v) is 10.3. The van der Waals surface area contributed by atoms with E-state index in [1.165, 1.54) is 43.2 Å². The van der Waals surface area contributed by atoms with E-state index in [2.05, 4.69) is 29.1 Å². The maximum atomic E-state index is 12.9. The highest BCUT2D eigenvalue weighted by Gasteiger charge is 2.54. The molecule has 0 spiro atoms. The molecular weight excluding hydrogens is 356 g/mol.